The van der Waals surface area contributed by atoms with E-state index in [0.717, 1.165) is 71.6 Å². The molecule has 0 radical (unpaired) electrons. The van der Waals surface area contributed by atoms with E-state index >= 15 is 0 Å². The quantitative estimate of drug-likeness (QED) is 0.0295. The molecule has 0 spiro atoms. The molecule has 0 saturated carbocycles. The third-order valence-electron chi connectivity index (χ3n) is 22.9. The van der Waals surface area contributed by atoms with Gasteiger partial charge in [-0.1, -0.05) is 192 Å². The second-order valence-electron chi connectivity index (χ2n) is 32.4. The average molecular weight is 1690 g/mol. The molecule has 12 unspecified atom stereocenters. The fraction of sp³-hybridized carbons (Fsp3) is 0.915. The van der Waals surface area contributed by atoms with Crippen LogP contribution in [0, 0.1) is 0 Å². The van der Waals surface area contributed by atoms with Gasteiger partial charge >= 0.3 is 0 Å². The molecule has 20 N–H and O–H groups in total. The van der Waals surface area contributed by atoms with Crippen LogP contribution in [-0.2, 0) is 71.2 Å². The second-order valence-corrected chi connectivity index (χ2v) is 32.4. The predicted octanol–water partition coefficient (Wildman–Crippen LogP) is 0.720. The molecule has 6 saturated heterocycles. The molecule has 0 aromatic heterocycles. The predicted molar refractivity (Wildman–Crippen MR) is 420 cm³/mol. The largest absolute Gasteiger partial charge is 0.394 e. The van der Waals surface area contributed by atoms with Crippen molar-refractivity contribution < 1.29 is 158 Å². The molecule has 6 aliphatic heterocycles. The Morgan fingerprint density at radius 3 is 1.23 bits per heavy atom. The number of nitrogens with one attached hydrogen (secondary N) is 3. The van der Waals surface area contributed by atoms with Gasteiger partial charge in [-0.3, -0.25) is 14.4 Å². The first-order valence-corrected chi connectivity index (χ1v) is 43.5. The molecule has 0 aromatic carbocycles. The Morgan fingerprint density at radius 1 is 0.350 bits per heavy atom. The molecule has 35 nitrogen and oxygen atoms in total. The van der Waals surface area contributed by atoms with Crippen LogP contribution in [0.5, 0.6) is 0 Å². The summed E-state index contributed by atoms with van der Waals surface area (Å²) in [6.07, 6.45) is -11.7. The summed E-state index contributed by atoms with van der Waals surface area (Å²) in [6.45, 7) is 2.22. The van der Waals surface area contributed by atoms with Crippen LogP contribution in [-0.4, -0.2) is 340 Å². The summed E-state index contributed by atoms with van der Waals surface area (Å²) in [4.78, 5) is 39.5. The highest BCUT2D eigenvalue weighted by molar-refractivity contribution is 5.76. The fourth-order valence-corrected chi connectivity index (χ4v) is 15.8. The number of rotatable bonds is 56. The van der Waals surface area contributed by atoms with Gasteiger partial charge in [0.05, 0.1) is 57.9 Å². The standard InChI is InChI=1S/C82H147N3O32/c1-6-8-10-12-14-16-18-20-21-22-23-24-25-26-27-29-31-33-35-37-39-41-58(94)85-51(52(93)40-38-36-34-32-30-28-19-17-15-13-11-9-7-2)47-106-79-70(104)68(102)72(57(46-90)112-79)113-81-71(105)74(64(98)55(44-88)110-81)115-78-60(84-50(5)92)73(63(97)54(43-87)109-78)114-82-76(117-80-69(103)67(101)61(95)48(3)107-80)75(65(99)56(45-89)111-82)116-77-59(83-49(4)91)66(100)62(96)53(42-86)108-77/h20-21,38,40,48,51-57,59-82,86-90,93,95-105H,6-19,22-37,39,41-47H2,1-5H3,(H,83,91)(H,84,92)(H,85,94)/b21-20-,40-38+/t48?,51-,52+,53?,54?,55?,56?,57?,59?,60?,61+,62-,63+,64-,65-,66+,67?,68+,69-,70?,71?,72+,73+,74-,75-,76?,77+,78-,79+,80+,81-,82-/m0/s1. The molecule has 117 heavy (non-hydrogen) atoms. The Labute approximate surface area is 689 Å². The number of aliphatic hydroxyl groups is 17. The first-order valence-electron chi connectivity index (χ1n) is 43.5. The number of unbranched alkanes of at least 4 members (excludes halogenated alkanes) is 28. The van der Waals surface area contributed by atoms with Crippen molar-refractivity contribution in [3.63, 3.8) is 0 Å². The monoisotopic (exact) mass is 1690 g/mol. The van der Waals surface area contributed by atoms with E-state index in [1.165, 1.54) is 135 Å². The number of carbonyl (C=O) groups excluding carboxylic acids is 3. The summed E-state index contributed by atoms with van der Waals surface area (Å²) in [5, 5.41) is 199. The Bertz CT molecular complexity index is 2740. The normalized spacial score (nSPS) is 36.2. The highest BCUT2D eigenvalue weighted by Gasteiger charge is 2.59. The molecule has 6 fully saturated rings. The Balaban J connectivity index is 1.13. The van der Waals surface area contributed by atoms with E-state index in [1.54, 1.807) is 6.08 Å². The lowest BCUT2D eigenvalue weighted by atomic mass is 9.93. The van der Waals surface area contributed by atoms with E-state index in [2.05, 4.69) is 41.9 Å². The van der Waals surface area contributed by atoms with Crippen molar-refractivity contribution in [2.24, 2.45) is 0 Å². The smallest absolute Gasteiger partial charge is 0.220 e. The molecular formula is C82H147N3O32. The van der Waals surface area contributed by atoms with Crippen LogP contribution < -0.4 is 16.0 Å². The van der Waals surface area contributed by atoms with Gasteiger partial charge in [-0.25, -0.2) is 0 Å². The van der Waals surface area contributed by atoms with Crippen molar-refractivity contribution in [1.82, 2.24) is 16.0 Å². The van der Waals surface area contributed by atoms with Crippen LogP contribution in [0.1, 0.15) is 240 Å². The number of ether oxygens (including phenoxy) is 12. The zero-order valence-electron chi connectivity index (χ0n) is 69.4. The minimum absolute atomic E-state index is 0.165. The first-order chi connectivity index (χ1) is 56.3. The zero-order valence-corrected chi connectivity index (χ0v) is 69.4. The fourth-order valence-electron chi connectivity index (χ4n) is 15.8. The topological polar surface area (TPSA) is 542 Å². The maximum absolute atomic E-state index is 13.6. The second kappa shape index (κ2) is 55.9. The van der Waals surface area contributed by atoms with Crippen molar-refractivity contribution in [2.45, 2.75) is 436 Å². The molecule has 682 valence electrons. The van der Waals surface area contributed by atoms with E-state index < -0.39 is 248 Å². The lowest BCUT2D eigenvalue weighted by Gasteiger charge is -2.52. The third kappa shape index (κ3) is 32.7. The first kappa shape index (κ1) is 103. The number of hydrogen-bond donors (Lipinski definition) is 20. The molecule has 6 aliphatic rings. The van der Waals surface area contributed by atoms with Gasteiger partial charge in [-0.05, 0) is 51.9 Å². The van der Waals surface area contributed by atoms with Crippen molar-refractivity contribution in [3.05, 3.63) is 24.3 Å². The Hall–Kier alpha value is -3.27. The number of amides is 3. The number of hydrogen-bond acceptors (Lipinski definition) is 32. The maximum atomic E-state index is 13.6. The Kier molecular flexibility index (Phi) is 48.9. The van der Waals surface area contributed by atoms with E-state index in [0.29, 0.717) is 12.8 Å². The van der Waals surface area contributed by atoms with Gasteiger partial charge in [0.1, 0.15) is 140 Å². The summed E-state index contributed by atoms with van der Waals surface area (Å²) in [6, 6.07) is -4.69. The number of carbonyl (C=O) groups is 3. The third-order valence-corrected chi connectivity index (χ3v) is 22.9. The molecule has 0 aliphatic carbocycles. The van der Waals surface area contributed by atoms with E-state index in [-0.39, 0.29) is 12.3 Å². The van der Waals surface area contributed by atoms with Crippen LogP contribution in [0.25, 0.3) is 0 Å². The van der Waals surface area contributed by atoms with Crippen molar-refractivity contribution >= 4 is 17.7 Å². The lowest BCUT2D eigenvalue weighted by Crippen LogP contribution is -2.71. The van der Waals surface area contributed by atoms with Gasteiger partial charge < -0.3 is 160 Å². The molecule has 32 atom stereocenters. The minimum Gasteiger partial charge on any atom is -0.394 e. The summed E-state index contributed by atoms with van der Waals surface area (Å²) >= 11 is 0. The molecule has 6 rings (SSSR count). The molecule has 3 amide bonds. The SMILES string of the molecule is CCCCCCCC/C=C\CCCCCCCCCCCCCC(=O)N[C@@H](CO[C@@H]1OC(CO)[C@@H](O[C@@H]2OC(CO)[C@H](O)[C@H](O[C@@H]3OC(CO)[C@@H](O)[C@H](O[C@@H]4OC(CO)[C@H](O)[C@H](O[C@H]5OC(CO)[C@H](O)[C@H](O)C5NC(C)=O)C4O[C@H]4OC(C)[C@@H](O)C(O)[C@@H]4O)C3NC(C)=O)C2O)[C@H](O)C1O)[C@H](O)/C=C/CCCCCCCCCCCCC. The maximum Gasteiger partial charge on any atom is 0.220 e. The van der Waals surface area contributed by atoms with Gasteiger partial charge in [0.2, 0.25) is 17.7 Å². The van der Waals surface area contributed by atoms with E-state index in [9.17, 15) is 101 Å². The van der Waals surface area contributed by atoms with Gasteiger partial charge in [0.15, 0.2) is 37.7 Å². The zero-order chi connectivity index (χ0) is 85.5. The van der Waals surface area contributed by atoms with Gasteiger partial charge in [0, 0.05) is 20.3 Å². The minimum atomic E-state index is -2.25. The van der Waals surface area contributed by atoms with Crippen LogP contribution in [0.4, 0.5) is 0 Å². The summed E-state index contributed by atoms with van der Waals surface area (Å²) in [5.74, 6) is -2.06. The summed E-state index contributed by atoms with van der Waals surface area (Å²) in [5.41, 5.74) is 0. The average Bonchev–Trinajstić information content (AvgIpc) is 0.754. The van der Waals surface area contributed by atoms with Crippen LogP contribution >= 0.6 is 0 Å². The number of aliphatic hydroxyl groups excluding tert-OH is 17. The molecule has 6 heterocycles. The Morgan fingerprint density at radius 2 is 0.726 bits per heavy atom. The van der Waals surface area contributed by atoms with E-state index in [1.807, 2.05) is 6.08 Å². The molecular weight excluding hydrogens is 1540 g/mol. The van der Waals surface area contributed by atoms with Crippen molar-refractivity contribution in [2.75, 3.05) is 39.6 Å². The highest BCUT2D eigenvalue weighted by atomic mass is 16.8. The summed E-state index contributed by atoms with van der Waals surface area (Å²) in [7, 11) is 0. The van der Waals surface area contributed by atoms with Crippen molar-refractivity contribution in [1.29, 1.82) is 0 Å². The van der Waals surface area contributed by atoms with Gasteiger partial charge in [-0.15, -0.1) is 0 Å². The molecule has 0 aromatic rings. The summed E-state index contributed by atoms with van der Waals surface area (Å²) < 4.78 is 72.7. The van der Waals surface area contributed by atoms with Gasteiger partial charge in [0.25, 0.3) is 0 Å². The highest BCUT2D eigenvalue weighted by Crippen LogP contribution is 2.39. The van der Waals surface area contributed by atoms with Crippen LogP contribution in [0.15, 0.2) is 24.3 Å². The van der Waals surface area contributed by atoms with Crippen molar-refractivity contribution in [3.8, 4) is 0 Å². The molecule has 35 heteroatoms. The van der Waals surface area contributed by atoms with Gasteiger partial charge in [-0.2, -0.15) is 0 Å². The van der Waals surface area contributed by atoms with E-state index in [4.69, 9.17) is 56.8 Å². The lowest BCUT2D eigenvalue weighted by molar-refractivity contribution is -0.401. The van der Waals surface area contributed by atoms with Crippen LogP contribution in [0.3, 0.4) is 0 Å². The van der Waals surface area contributed by atoms with Crippen LogP contribution in [0.2, 0.25) is 0 Å². The molecule has 0 bridgehead atoms. The number of allylic oxidation sites excluding steroid dienone is 3.